The van der Waals surface area contributed by atoms with Gasteiger partial charge in [0.05, 0.1) is 15.1 Å². The summed E-state index contributed by atoms with van der Waals surface area (Å²) in [5.41, 5.74) is 2.89. The Balaban J connectivity index is 1.61. The molecule has 0 fully saturated rings. The molecule has 0 unspecified atom stereocenters. The minimum Gasteiger partial charge on any atom is -0.483 e. The zero-order valence-corrected chi connectivity index (χ0v) is 18.9. The van der Waals surface area contributed by atoms with Gasteiger partial charge in [0.1, 0.15) is 5.75 Å². The van der Waals surface area contributed by atoms with Gasteiger partial charge in [-0.15, -0.1) is 0 Å². The predicted octanol–water partition coefficient (Wildman–Crippen LogP) is 4.88. The number of amides is 1. The van der Waals surface area contributed by atoms with Crippen LogP contribution in [-0.2, 0) is 14.8 Å². The fraction of sp³-hybridized carbons (Fsp3) is 0.136. The zero-order valence-electron chi connectivity index (χ0n) is 16.5. The van der Waals surface area contributed by atoms with E-state index in [9.17, 15) is 13.2 Å². The Morgan fingerprint density at radius 3 is 2.37 bits per heavy atom. The molecule has 30 heavy (non-hydrogen) atoms. The van der Waals surface area contributed by atoms with E-state index in [1.165, 1.54) is 24.3 Å². The van der Waals surface area contributed by atoms with Gasteiger partial charge in [0, 0.05) is 5.69 Å². The van der Waals surface area contributed by atoms with Gasteiger partial charge in [0.2, 0.25) is 0 Å². The first-order chi connectivity index (χ1) is 14.2. The minimum absolute atomic E-state index is 0.101. The van der Waals surface area contributed by atoms with Crippen LogP contribution in [0.4, 0.5) is 11.4 Å². The number of para-hydroxylation sites is 1. The van der Waals surface area contributed by atoms with E-state index < -0.39 is 10.0 Å². The highest BCUT2D eigenvalue weighted by Gasteiger charge is 2.15. The fourth-order valence-corrected chi connectivity index (χ4v) is 4.41. The van der Waals surface area contributed by atoms with E-state index in [0.717, 1.165) is 15.6 Å². The molecule has 0 spiro atoms. The van der Waals surface area contributed by atoms with Crippen LogP contribution in [0.5, 0.6) is 5.75 Å². The second-order valence-electron chi connectivity index (χ2n) is 6.72. The monoisotopic (exact) mass is 488 g/mol. The molecule has 6 nitrogen and oxygen atoms in total. The summed E-state index contributed by atoms with van der Waals surface area (Å²) in [6, 6.07) is 18.7. The second kappa shape index (κ2) is 9.32. The number of rotatable bonds is 7. The summed E-state index contributed by atoms with van der Waals surface area (Å²) in [5, 5.41) is 2.69. The largest absolute Gasteiger partial charge is 0.483 e. The van der Waals surface area contributed by atoms with Crippen molar-refractivity contribution in [3.8, 4) is 5.75 Å². The number of sulfonamides is 1. The molecule has 0 aliphatic carbocycles. The molecule has 0 bridgehead atoms. The van der Waals surface area contributed by atoms with Crippen molar-refractivity contribution in [3.63, 3.8) is 0 Å². The highest BCUT2D eigenvalue weighted by atomic mass is 79.9. The lowest BCUT2D eigenvalue weighted by Crippen LogP contribution is -2.20. The van der Waals surface area contributed by atoms with Crippen LogP contribution in [0.3, 0.4) is 0 Å². The third-order valence-electron chi connectivity index (χ3n) is 4.28. The number of aryl methyl sites for hydroxylation is 2. The third kappa shape index (κ3) is 5.61. The van der Waals surface area contributed by atoms with Gasteiger partial charge >= 0.3 is 0 Å². The van der Waals surface area contributed by atoms with Gasteiger partial charge < -0.3 is 10.1 Å². The van der Waals surface area contributed by atoms with E-state index in [1.54, 1.807) is 18.2 Å². The van der Waals surface area contributed by atoms with E-state index in [4.69, 9.17) is 4.74 Å². The van der Waals surface area contributed by atoms with Gasteiger partial charge in [-0.2, -0.15) is 0 Å². The van der Waals surface area contributed by atoms with E-state index in [2.05, 4.69) is 26.0 Å². The lowest BCUT2D eigenvalue weighted by atomic mass is 10.2. The van der Waals surface area contributed by atoms with Crippen LogP contribution < -0.4 is 14.8 Å². The van der Waals surface area contributed by atoms with Crippen molar-refractivity contribution in [3.05, 3.63) is 82.3 Å². The second-order valence-corrected chi connectivity index (χ2v) is 9.25. The van der Waals surface area contributed by atoms with Crippen molar-refractivity contribution in [2.24, 2.45) is 0 Å². The molecule has 3 rings (SSSR count). The van der Waals surface area contributed by atoms with Crippen LogP contribution in [0.25, 0.3) is 0 Å². The van der Waals surface area contributed by atoms with E-state index in [-0.39, 0.29) is 17.4 Å². The Labute approximate surface area is 184 Å². The Hall–Kier alpha value is -2.84. The van der Waals surface area contributed by atoms with Crippen LogP contribution in [0.2, 0.25) is 0 Å². The summed E-state index contributed by atoms with van der Waals surface area (Å²) < 4.78 is 34.0. The van der Waals surface area contributed by atoms with Crippen LogP contribution in [0.15, 0.2) is 76.1 Å². The molecule has 3 aromatic carbocycles. The zero-order chi connectivity index (χ0) is 21.7. The number of hydrogen-bond donors (Lipinski definition) is 2. The molecule has 0 aromatic heterocycles. The molecule has 0 atom stereocenters. The number of hydrogen-bond acceptors (Lipinski definition) is 4. The molecule has 3 aromatic rings. The summed E-state index contributed by atoms with van der Waals surface area (Å²) >= 11 is 3.40. The summed E-state index contributed by atoms with van der Waals surface area (Å²) in [4.78, 5) is 12.2. The van der Waals surface area contributed by atoms with Gasteiger partial charge in [0.25, 0.3) is 15.9 Å². The Morgan fingerprint density at radius 2 is 1.70 bits per heavy atom. The van der Waals surface area contributed by atoms with Gasteiger partial charge in [-0.3, -0.25) is 9.52 Å². The van der Waals surface area contributed by atoms with E-state index in [1.807, 2.05) is 38.1 Å². The van der Waals surface area contributed by atoms with Crippen molar-refractivity contribution in [2.45, 2.75) is 18.7 Å². The van der Waals surface area contributed by atoms with Crippen LogP contribution in [0, 0.1) is 13.8 Å². The molecule has 0 radical (unpaired) electrons. The number of carbonyl (C=O) groups is 1. The van der Waals surface area contributed by atoms with Gasteiger partial charge in [-0.1, -0.05) is 24.3 Å². The number of benzene rings is 3. The Morgan fingerprint density at radius 1 is 1.00 bits per heavy atom. The Bertz CT molecular complexity index is 1160. The summed E-state index contributed by atoms with van der Waals surface area (Å²) in [7, 11) is -3.73. The molecule has 0 saturated carbocycles. The van der Waals surface area contributed by atoms with Gasteiger partial charge in [-0.05, 0) is 83.4 Å². The number of carbonyl (C=O) groups excluding carboxylic acids is 1. The highest BCUT2D eigenvalue weighted by molar-refractivity contribution is 9.10. The smallest absolute Gasteiger partial charge is 0.262 e. The van der Waals surface area contributed by atoms with Crippen molar-refractivity contribution in [1.29, 1.82) is 0 Å². The maximum absolute atomic E-state index is 12.6. The van der Waals surface area contributed by atoms with Crippen LogP contribution in [0.1, 0.15) is 11.1 Å². The predicted molar refractivity (Wildman–Crippen MR) is 121 cm³/mol. The highest BCUT2D eigenvalue weighted by Crippen LogP contribution is 2.26. The molecule has 156 valence electrons. The van der Waals surface area contributed by atoms with E-state index in [0.29, 0.717) is 17.1 Å². The summed E-state index contributed by atoms with van der Waals surface area (Å²) in [5.74, 6) is 0.218. The molecular weight excluding hydrogens is 468 g/mol. The normalized spacial score (nSPS) is 11.0. The standard InChI is InChI=1S/C22H21BrN2O4S/c1-15-7-12-21(19(23)13-15)29-14-22(26)24-17-8-10-18(11-9-17)30(27,28)25-20-6-4-3-5-16(20)2/h3-13,25H,14H2,1-2H3,(H,24,26). The van der Waals surface area contributed by atoms with Crippen molar-refractivity contribution >= 4 is 43.2 Å². The van der Waals surface area contributed by atoms with Gasteiger partial charge in [0.15, 0.2) is 6.61 Å². The SMILES string of the molecule is Cc1ccc(OCC(=O)Nc2ccc(S(=O)(=O)Nc3ccccc3C)cc2)c(Br)c1. The average Bonchev–Trinajstić information content (AvgIpc) is 2.69. The molecule has 1 amide bonds. The van der Waals surface area contributed by atoms with Crippen LogP contribution in [-0.4, -0.2) is 20.9 Å². The van der Waals surface area contributed by atoms with Gasteiger partial charge in [-0.25, -0.2) is 8.42 Å². The molecule has 0 saturated heterocycles. The first-order valence-electron chi connectivity index (χ1n) is 9.12. The third-order valence-corrected chi connectivity index (χ3v) is 6.29. The van der Waals surface area contributed by atoms with Crippen LogP contribution >= 0.6 is 15.9 Å². The number of anilines is 2. The Kier molecular flexibility index (Phi) is 6.79. The fourth-order valence-electron chi connectivity index (χ4n) is 2.67. The van der Waals surface area contributed by atoms with Crippen molar-refractivity contribution in [1.82, 2.24) is 0 Å². The molecule has 0 heterocycles. The van der Waals surface area contributed by atoms with Crippen molar-refractivity contribution in [2.75, 3.05) is 16.6 Å². The molecular formula is C22H21BrN2O4S. The average molecular weight is 489 g/mol. The minimum atomic E-state index is -3.73. The van der Waals surface area contributed by atoms with E-state index >= 15 is 0 Å². The molecule has 2 N–H and O–H groups in total. The number of nitrogens with one attached hydrogen (secondary N) is 2. The molecule has 8 heteroatoms. The maximum Gasteiger partial charge on any atom is 0.262 e. The molecule has 0 aliphatic heterocycles. The summed E-state index contributed by atoms with van der Waals surface area (Å²) in [6.07, 6.45) is 0. The van der Waals surface area contributed by atoms with Crippen molar-refractivity contribution < 1.29 is 17.9 Å². The number of halogens is 1. The first kappa shape index (κ1) is 21.9. The maximum atomic E-state index is 12.6. The first-order valence-corrected chi connectivity index (χ1v) is 11.4. The number of ether oxygens (including phenoxy) is 1. The summed E-state index contributed by atoms with van der Waals surface area (Å²) in [6.45, 7) is 3.62. The lowest BCUT2D eigenvalue weighted by Gasteiger charge is -2.12. The lowest BCUT2D eigenvalue weighted by molar-refractivity contribution is -0.118. The quantitative estimate of drug-likeness (QED) is 0.495. The topological polar surface area (TPSA) is 84.5 Å². The molecule has 0 aliphatic rings.